The summed E-state index contributed by atoms with van der Waals surface area (Å²) in [7, 11) is 1.67. The van der Waals surface area contributed by atoms with Gasteiger partial charge in [0.15, 0.2) is 0 Å². The lowest BCUT2D eigenvalue weighted by Gasteiger charge is -2.13. The van der Waals surface area contributed by atoms with Crippen LogP contribution in [0.15, 0.2) is 47.3 Å². The van der Waals surface area contributed by atoms with Gasteiger partial charge in [-0.25, -0.2) is 9.48 Å². The summed E-state index contributed by atoms with van der Waals surface area (Å²) in [6.07, 6.45) is 0. The Morgan fingerprint density at radius 2 is 1.91 bits per heavy atom. The van der Waals surface area contributed by atoms with Crippen LogP contribution in [0.2, 0.25) is 5.02 Å². The first kappa shape index (κ1) is 15.1. The second-order valence-electron chi connectivity index (χ2n) is 4.82. The minimum Gasteiger partial charge on any atom is -0.476 e. The number of aromatic carboxylic acids is 1. The van der Waals surface area contributed by atoms with E-state index in [9.17, 15) is 14.7 Å². The van der Waals surface area contributed by atoms with Crippen molar-refractivity contribution in [2.24, 2.45) is 0 Å². The number of rotatable bonds is 3. The summed E-state index contributed by atoms with van der Waals surface area (Å²) >= 11 is 5.89. The fourth-order valence-electron chi connectivity index (χ4n) is 2.40. The van der Waals surface area contributed by atoms with E-state index in [4.69, 9.17) is 11.6 Å². The molecule has 0 saturated carbocycles. The summed E-state index contributed by atoms with van der Waals surface area (Å²) in [4.78, 5) is 23.9. The highest BCUT2D eigenvalue weighted by Crippen LogP contribution is 2.23. The average molecular weight is 330 g/mol. The van der Waals surface area contributed by atoms with Crippen LogP contribution in [0.25, 0.3) is 16.6 Å². The summed E-state index contributed by atoms with van der Waals surface area (Å²) in [5.41, 5.74) is 0.502. The van der Waals surface area contributed by atoms with Gasteiger partial charge >= 0.3 is 5.97 Å². The summed E-state index contributed by atoms with van der Waals surface area (Å²) in [5, 5.41) is 17.0. The molecule has 6 nitrogen and oxygen atoms in total. The van der Waals surface area contributed by atoms with Gasteiger partial charge in [-0.1, -0.05) is 17.7 Å². The minimum atomic E-state index is -1.37. The Balaban J connectivity index is 2.46. The van der Waals surface area contributed by atoms with Crippen molar-refractivity contribution in [3.05, 3.63) is 63.4 Å². The first-order valence-electron chi connectivity index (χ1n) is 6.76. The van der Waals surface area contributed by atoms with Crippen molar-refractivity contribution in [2.45, 2.75) is 0 Å². The summed E-state index contributed by atoms with van der Waals surface area (Å²) in [6.45, 7) is 0. The molecule has 2 N–H and O–H groups in total. The first-order valence-corrected chi connectivity index (χ1v) is 7.14. The third-order valence-electron chi connectivity index (χ3n) is 3.46. The van der Waals surface area contributed by atoms with E-state index in [1.807, 2.05) is 0 Å². The quantitative estimate of drug-likeness (QED) is 0.772. The van der Waals surface area contributed by atoms with E-state index in [0.717, 1.165) is 0 Å². The van der Waals surface area contributed by atoms with Gasteiger partial charge in [0.25, 0.3) is 0 Å². The molecule has 0 radical (unpaired) electrons. The number of hydrogen-bond acceptors (Lipinski definition) is 4. The largest absolute Gasteiger partial charge is 0.476 e. The molecule has 0 aliphatic carbocycles. The van der Waals surface area contributed by atoms with Crippen molar-refractivity contribution in [2.75, 3.05) is 12.4 Å². The fourth-order valence-corrected chi connectivity index (χ4v) is 2.53. The molecule has 0 amide bonds. The van der Waals surface area contributed by atoms with Crippen molar-refractivity contribution in [1.82, 2.24) is 9.78 Å². The highest BCUT2D eigenvalue weighted by molar-refractivity contribution is 6.30. The summed E-state index contributed by atoms with van der Waals surface area (Å²) < 4.78 is 1.43. The van der Waals surface area contributed by atoms with Gasteiger partial charge in [0.2, 0.25) is 11.1 Å². The molecule has 7 heteroatoms. The van der Waals surface area contributed by atoms with Crippen molar-refractivity contribution >= 4 is 34.2 Å². The summed E-state index contributed by atoms with van der Waals surface area (Å²) in [6, 6.07) is 11.9. The molecule has 0 spiro atoms. The second kappa shape index (κ2) is 5.73. The van der Waals surface area contributed by atoms with Gasteiger partial charge in [-0.15, -0.1) is 0 Å². The number of carbonyl (C=O) groups is 1. The fraction of sp³-hybridized carbons (Fsp3) is 0.0625. The molecule has 1 aromatic heterocycles. The molecule has 0 bridgehead atoms. The number of nitrogens with zero attached hydrogens (tertiary/aromatic N) is 2. The molecule has 3 rings (SSSR count). The number of benzene rings is 2. The molecule has 0 atom stereocenters. The molecule has 0 aliphatic rings. The molecule has 23 heavy (non-hydrogen) atoms. The molecule has 1 heterocycles. The van der Waals surface area contributed by atoms with Gasteiger partial charge in [0.1, 0.15) is 0 Å². The standard InChI is InChI=1S/C16H12ClN3O3/c1-18-11-3-2-4-12-13(11)15(21)14(16(22)23)19-20(12)10-7-5-9(17)6-8-10/h2-8,18H,1H3,(H,22,23). The van der Waals surface area contributed by atoms with Crippen molar-refractivity contribution < 1.29 is 9.90 Å². The van der Waals surface area contributed by atoms with Crippen molar-refractivity contribution in [3.63, 3.8) is 0 Å². The van der Waals surface area contributed by atoms with Gasteiger partial charge in [0.05, 0.1) is 16.6 Å². The molecular formula is C16H12ClN3O3. The predicted octanol–water partition coefficient (Wildman–Crippen LogP) is 2.78. The minimum absolute atomic E-state index is 0.275. The molecule has 0 saturated heterocycles. The zero-order valence-electron chi connectivity index (χ0n) is 12.1. The number of carboxylic acid groups (broad SMARTS) is 1. The number of hydrogen-bond donors (Lipinski definition) is 2. The molecule has 2 aromatic carbocycles. The number of fused-ring (bicyclic) bond motifs is 1. The van der Waals surface area contributed by atoms with E-state index in [0.29, 0.717) is 21.9 Å². The van der Waals surface area contributed by atoms with E-state index >= 15 is 0 Å². The van der Waals surface area contributed by atoms with Gasteiger partial charge in [-0.2, -0.15) is 5.10 Å². The van der Waals surface area contributed by atoms with Crippen LogP contribution in [0.5, 0.6) is 0 Å². The van der Waals surface area contributed by atoms with Crippen LogP contribution in [-0.2, 0) is 0 Å². The number of aromatic nitrogens is 2. The monoisotopic (exact) mass is 329 g/mol. The molecule has 0 fully saturated rings. The van der Waals surface area contributed by atoms with E-state index in [1.165, 1.54) is 4.68 Å². The maximum Gasteiger partial charge on any atom is 0.360 e. The third kappa shape index (κ3) is 2.53. The van der Waals surface area contributed by atoms with Crippen LogP contribution in [0, 0.1) is 0 Å². The topological polar surface area (TPSA) is 84.2 Å². The second-order valence-corrected chi connectivity index (χ2v) is 5.26. The normalized spacial score (nSPS) is 10.7. The highest BCUT2D eigenvalue weighted by atomic mass is 35.5. The van der Waals surface area contributed by atoms with Crippen LogP contribution in [-0.4, -0.2) is 27.9 Å². The van der Waals surface area contributed by atoms with Crippen molar-refractivity contribution in [3.8, 4) is 5.69 Å². The van der Waals surface area contributed by atoms with Crippen LogP contribution in [0.3, 0.4) is 0 Å². The zero-order chi connectivity index (χ0) is 16.6. The van der Waals surface area contributed by atoms with Gasteiger partial charge in [0, 0.05) is 17.8 Å². The number of anilines is 1. The van der Waals surface area contributed by atoms with Crippen LogP contribution < -0.4 is 10.7 Å². The predicted molar refractivity (Wildman–Crippen MR) is 88.9 cm³/mol. The molecule has 0 aliphatic heterocycles. The van der Waals surface area contributed by atoms with Crippen molar-refractivity contribution in [1.29, 1.82) is 0 Å². The van der Waals surface area contributed by atoms with E-state index in [-0.39, 0.29) is 5.39 Å². The lowest BCUT2D eigenvalue weighted by molar-refractivity contribution is 0.0687. The van der Waals surface area contributed by atoms with Gasteiger partial charge in [-0.05, 0) is 36.4 Å². The lowest BCUT2D eigenvalue weighted by Crippen LogP contribution is -2.23. The SMILES string of the molecule is CNc1cccc2c1c(=O)c(C(=O)O)nn2-c1ccc(Cl)cc1. The number of halogens is 1. The Bertz CT molecular complexity index is 965. The first-order chi connectivity index (χ1) is 11.0. The smallest absolute Gasteiger partial charge is 0.360 e. The highest BCUT2D eigenvalue weighted by Gasteiger charge is 2.19. The molecular weight excluding hydrogens is 318 g/mol. The van der Waals surface area contributed by atoms with E-state index in [1.54, 1.807) is 49.5 Å². The maximum absolute atomic E-state index is 12.5. The Hall–Kier alpha value is -2.86. The van der Waals surface area contributed by atoms with E-state index in [2.05, 4.69) is 10.4 Å². The Morgan fingerprint density at radius 1 is 1.22 bits per heavy atom. The van der Waals surface area contributed by atoms with E-state index < -0.39 is 17.1 Å². The maximum atomic E-state index is 12.5. The van der Waals surface area contributed by atoms with Crippen LogP contribution in [0.1, 0.15) is 10.5 Å². The van der Waals surface area contributed by atoms with Gasteiger partial charge < -0.3 is 10.4 Å². The zero-order valence-corrected chi connectivity index (χ0v) is 12.8. The Labute approximate surface area is 135 Å². The number of carboxylic acids is 1. The average Bonchev–Trinajstić information content (AvgIpc) is 2.55. The molecule has 116 valence electrons. The third-order valence-corrected chi connectivity index (χ3v) is 3.71. The molecule has 3 aromatic rings. The Kier molecular flexibility index (Phi) is 3.75. The molecule has 0 unspecified atom stereocenters. The van der Waals surface area contributed by atoms with Crippen LogP contribution >= 0.6 is 11.6 Å². The Morgan fingerprint density at radius 3 is 2.52 bits per heavy atom. The number of nitrogens with one attached hydrogen (secondary N) is 1. The van der Waals surface area contributed by atoms with Crippen LogP contribution in [0.4, 0.5) is 5.69 Å². The van der Waals surface area contributed by atoms with Gasteiger partial charge in [-0.3, -0.25) is 4.79 Å². The lowest BCUT2D eigenvalue weighted by atomic mass is 10.1. The summed E-state index contributed by atoms with van der Waals surface area (Å²) in [5.74, 6) is -1.37.